The third kappa shape index (κ3) is 5.15. The number of amides is 2. The molecule has 7 nitrogen and oxygen atoms in total. The molecule has 1 fully saturated rings. The maximum Gasteiger partial charge on any atom is 0.259 e. The number of carbonyl (C=O) groups excluding carboxylic acids is 2. The Hall–Kier alpha value is -3.65. The molecule has 1 aromatic heterocycles. The van der Waals surface area contributed by atoms with E-state index >= 15 is 0 Å². The van der Waals surface area contributed by atoms with Crippen LogP contribution in [-0.4, -0.2) is 41.0 Å². The maximum atomic E-state index is 14.0. The first-order valence-corrected chi connectivity index (χ1v) is 10.5. The number of halogens is 1. The van der Waals surface area contributed by atoms with Crippen molar-refractivity contribution in [2.45, 2.75) is 25.4 Å². The van der Waals surface area contributed by atoms with E-state index in [1.54, 1.807) is 12.1 Å². The molecule has 0 aliphatic carbocycles. The smallest absolute Gasteiger partial charge is 0.259 e. The molecule has 2 aromatic carbocycles. The molecule has 1 atom stereocenters. The Bertz CT molecular complexity index is 1100. The van der Waals surface area contributed by atoms with E-state index in [1.807, 2.05) is 30.3 Å². The lowest BCUT2D eigenvalue weighted by atomic mass is 10.1. The zero-order chi connectivity index (χ0) is 22.3. The molecule has 2 N–H and O–H groups in total. The molecule has 2 heterocycles. The van der Waals surface area contributed by atoms with Gasteiger partial charge in [-0.2, -0.15) is 0 Å². The molecule has 164 valence electrons. The predicted octanol–water partition coefficient (Wildman–Crippen LogP) is 3.37. The van der Waals surface area contributed by atoms with E-state index in [0.29, 0.717) is 31.0 Å². The van der Waals surface area contributed by atoms with Gasteiger partial charge in [0.25, 0.3) is 5.91 Å². The number of benzene rings is 2. The summed E-state index contributed by atoms with van der Waals surface area (Å²) in [6.45, 7) is 0.870. The summed E-state index contributed by atoms with van der Waals surface area (Å²) in [5.74, 6) is -0.756. The Kier molecular flexibility index (Phi) is 6.81. The number of anilines is 1. The Balaban J connectivity index is 1.54. The average Bonchev–Trinajstić information content (AvgIpc) is 3.36. The molecule has 1 aliphatic heterocycles. The largest absolute Gasteiger partial charge is 0.368 e. The normalized spacial score (nSPS) is 15.3. The van der Waals surface area contributed by atoms with Gasteiger partial charge in [-0.3, -0.25) is 9.59 Å². The number of carbonyl (C=O) groups is 2. The lowest BCUT2D eigenvalue weighted by Crippen LogP contribution is -2.35. The number of nitrogens with zero attached hydrogens (tertiary/aromatic N) is 2. The van der Waals surface area contributed by atoms with Crippen molar-refractivity contribution in [3.8, 4) is 11.4 Å². The molecule has 32 heavy (non-hydrogen) atoms. The summed E-state index contributed by atoms with van der Waals surface area (Å²) in [5.41, 5.74) is 1.56. The second-order valence-electron chi connectivity index (χ2n) is 7.40. The molecule has 3 aromatic rings. The van der Waals surface area contributed by atoms with Gasteiger partial charge in [-0.15, -0.1) is 0 Å². The van der Waals surface area contributed by atoms with Crippen molar-refractivity contribution in [3.05, 3.63) is 77.9 Å². The first-order chi connectivity index (χ1) is 15.6. The van der Waals surface area contributed by atoms with Crippen LogP contribution in [0.4, 0.5) is 10.1 Å². The van der Waals surface area contributed by atoms with Gasteiger partial charge >= 0.3 is 0 Å². The molecule has 0 bridgehead atoms. The zero-order valence-corrected chi connectivity index (χ0v) is 17.4. The predicted molar refractivity (Wildman–Crippen MR) is 118 cm³/mol. The van der Waals surface area contributed by atoms with Gasteiger partial charge in [0.15, 0.2) is 5.82 Å². The van der Waals surface area contributed by atoms with Gasteiger partial charge < -0.3 is 15.4 Å². The summed E-state index contributed by atoms with van der Waals surface area (Å²) < 4.78 is 19.4. The van der Waals surface area contributed by atoms with Gasteiger partial charge in [0, 0.05) is 31.3 Å². The van der Waals surface area contributed by atoms with E-state index in [-0.39, 0.29) is 23.7 Å². The van der Waals surface area contributed by atoms with Crippen LogP contribution >= 0.6 is 0 Å². The standard InChI is InChI=1S/C24H23FN4O3/c25-18-9-4-5-10-20(18)29-23(30)17-15-27-22(16-7-2-1-3-8-16)28-19(17)12-13-26-24(31)21-11-6-14-32-21/h1-5,7-10,15,21H,6,11-14H2,(H,26,31)(H,29,30). The fraction of sp³-hybridized carbons (Fsp3) is 0.250. The van der Waals surface area contributed by atoms with Crippen LogP contribution in [0.3, 0.4) is 0 Å². The first-order valence-electron chi connectivity index (χ1n) is 10.5. The quantitative estimate of drug-likeness (QED) is 0.595. The van der Waals surface area contributed by atoms with Crippen molar-refractivity contribution in [3.63, 3.8) is 0 Å². The number of para-hydroxylation sites is 1. The number of nitrogens with one attached hydrogen (secondary N) is 2. The lowest BCUT2D eigenvalue weighted by Gasteiger charge is -2.13. The zero-order valence-electron chi connectivity index (χ0n) is 17.4. The monoisotopic (exact) mass is 434 g/mol. The first kappa shape index (κ1) is 21.6. The maximum absolute atomic E-state index is 14.0. The van der Waals surface area contributed by atoms with E-state index in [0.717, 1.165) is 12.0 Å². The molecule has 0 saturated carbocycles. The molecule has 1 aliphatic rings. The molecule has 0 radical (unpaired) electrons. The van der Waals surface area contributed by atoms with Gasteiger partial charge in [0.2, 0.25) is 5.91 Å². The van der Waals surface area contributed by atoms with Gasteiger partial charge in [0.05, 0.1) is 16.9 Å². The fourth-order valence-corrected chi connectivity index (χ4v) is 3.48. The van der Waals surface area contributed by atoms with Gasteiger partial charge in [-0.1, -0.05) is 42.5 Å². The van der Waals surface area contributed by atoms with Crippen molar-refractivity contribution >= 4 is 17.5 Å². The molecule has 1 unspecified atom stereocenters. The Morgan fingerprint density at radius 1 is 1.09 bits per heavy atom. The molecule has 8 heteroatoms. The van der Waals surface area contributed by atoms with Gasteiger partial charge in [-0.05, 0) is 25.0 Å². The van der Waals surface area contributed by atoms with Crippen LogP contribution in [0, 0.1) is 5.82 Å². The Morgan fingerprint density at radius 3 is 2.62 bits per heavy atom. The van der Waals surface area contributed by atoms with Crippen molar-refractivity contribution in [2.75, 3.05) is 18.5 Å². The van der Waals surface area contributed by atoms with Gasteiger partial charge in [0.1, 0.15) is 11.9 Å². The summed E-state index contributed by atoms with van der Waals surface area (Å²) in [4.78, 5) is 34.0. The minimum Gasteiger partial charge on any atom is -0.368 e. The van der Waals surface area contributed by atoms with E-state index in [1.165, 1.54) is 18.3 Å². The summed E-state index contributed by atoms with van der Waals surface area (Å²) in [5, 5.41) is 5.41. The van der Waals surface area contributed by atoms with E-state index < -0.39 is 17.8 Å². The van der Waals surface area contributed by atoms with Crippen LogP contribution in [0.2, 0.25) is 0 Å². The Labute approximate surface area is 185 Å². The third-order valence-corrected chi connectivity index (χ3v) is 5.15. The van der Waals surface area contributed by atoms with E-state index in [4.69, 9.17) is 4.74 Å². The second-order valence-corrected chi connectivity index (χ2v) is 7.40. The SMILES string of the molecule is O=C(Nc1ccccc1F)c1cnc(-c2ccccc2)nc1CCNC(=O)C1CCCO1. The molecular weight excluding hydrogens is 411 g/mol. The number of aromatic nitrogens is 2. The molecule has 0 spiro atoms. The highest BCUT2D eigenvalue weighted by atomic mass is 19.1. The van der Waals surface area contributed by atoms with E-state index in [9.17, 15) is 14.0 Å². The van der Waals surface area contributed by atoms with Crippen LogP contribution in [0.25, 0.3) is 11.4 Å². The lowest BCUT2D eigenvalue weighted by molar-refractivity contribution is -0.129. The van der Waals surface area contributed by atoms with E-state index in [2.05, 4.69) is 20.6 Å². The fourth-order valence-electron chi connectivity index (χ4n) is 3.48. The number of rotatable bonds is 7. The van der Waals surface area contributed by atoms with Crippen LogP contribution in [-0.2, 0) is 16.0 Å². The Morgan fingerprint density at radius 2 is 1.88 bits per heavy atom. The molecule has 1 saturated heterocycles. The summed E-state index contributed by atoms with van der Waals surface area (Å²) >= 11 is 0. The van der Waals surface area contributed by atoms with Crippen LogP contribution < -0.4 is 10.6 Å². The number of ether oxygens (including phenoxy) is 1. The average molecular weight is 434 g/mol. The van der Waals surface area contributed by atoms with Crippen LogP contribution in [0.5, 0.6) is 0 Å². The van der Waals surface area contributed by atoms with Crippen LogP contribution in [0.15, 0.2) is 60.8 Å². The third-order valence-electron chi connectivity index (χ3n) is 5.15. The topological polar surface area (TPSA) is 93.2 Å². The highest BCUT2D eigenvalue weighted by Gasteiger charge is 2.23. The minimum absolute atomic E-state index is 0.0715. The van der Waals surface area contributed by atoms with Crippen LogP contribution in [0.1, 0.15) is 28.9 Å². The minimum atomic E-state index is -0.534. The van der Waals surface area contributed by atoms with Crippen molar-refractivity contribution in [1.82, 2.24) is 15.3 Å². The molecule has 4 rings (SSSR count). The van der Waals surface area contributed by atoms with Gasteiger partial charge in [-0.25, -0.2) is 14.4 Å². The summed E-state index contributed by atoms with van der Waals surface area (Å²) in [7, 11) is 0. The highest BCUT2D eigenvalue weighted by molar-refractivity contribution is 6.05. The summed E-state index contributed by atoms with van der Waals surface area (Å²) in [6, 6.07) is 15.3. The van der Waals surface area contributed by atoms with Crippen molar-refractivity contribution < 1.29 is 18.7 Å². The van der Waals surface area contributed by atoms with Crippen molar-refractivity contribution in [2.24, 2.45) is 0 Å². The number of hydrogen-bond acceptors (Lipinski definition) is 5. The number of hydrogen-bond donors (Lipinski definition) is 2. The van der Waals surface area contributed by atoms with Crippen molar-refractivity contribution in [1.29, 1.82) is 0 Å². The summed E-state index contributed by atoms with van der Waals surface area (Å²) in [6.07, 6.45) is 2.88. The highest BCUT2D eigenvalue weighted by Crippen LogP contribution is 2.19. The molecular formula is C24H23FN4O3. The second kappa shape index (κ2) is 10.1. The molecule has 2 amide bonds.